The van der Waals surface area contributed by atoms with Crippen LogP contribution in [-0.2, 0) is 9.53 Å². The average Bonchev–Trinajstić information content (AvgIpc) is 2.66. The topological polar surface area (TPSA) is 83.1 Å². The van der Waals surface area contributed by atoms with Crippen molar-refractivity contribution in [2.24, 2.45) is 0 Å². The molecule has 27 heavy (non-hydrogen) atoms. The Labute approximate surface area is 153 Å². The maximum absolute atomic E-state index is 12.3. The van der Waals surface area contributed by atoms with Crippen molar-refractivity contribution in [3.8, 4) is 17.2 Å². The Kier molecular flexibility index (Phi) is 6.93. The third kappa shape index (κ3) is 5.84. The molecule has 0 unspecified atom stereocenters. The molecule has 2 aromatic rings. The van der Waals surface area contributed by atoms with Gasteiger partial charge in [-0.1, -0.05) is 0 Å². The molecule has 1 amide bonds. The molecule has 0 aromatic heterocycles. The van der Waals surface area contributed by atoms with E-state index in [1.165, 1.54) is 26.4 Å². The summed E-state index contributed by atoms with van der Waals surface area (Å²) in [6.45, 7) is -3.55. The first-order valence-electron chi connectivity index (χ1n) is 7.67. The maximum atomic E-state index is 12.3. The molecule has 0 radical (unpaired) electrons. The Hall–Kier alpha value is -3.36. The van der Waals surface area contributed by atoms with E-state index in [1.807, 2.05) is 0 Å². The normalized spacial score (nSPS) is 10.3. The van der Waals surface area contributed by atoms with Crippen molar-refractivity contribution in [1.29, 1.82) is 0 Å². The standard InChI is InChI=1S/C18H17F2NO6/c1-24-13-6-4-12(5-7-13)21-16(22)10-26-17(23)11-3-8-14(27-18(19)20)15(9-11)25-2/h3-9,18H,10H2,1-2H3,(H,21,22). The molecule has 0 saturated carbocycles. The van der Waals surface area contributed by atoms with E-state index in [0.717, 1.165) is 6.07 Å². The van der Waals surface area contributed by atoms with Gasteiger partial charge in [-0.25, -0.2) is 4.79 Å². The molecule has 0 fully saturated rings. The van der Waals surface area contributed by atoms with Crippen LogP contribution in [0.15, 0.2) is 42.5 Å². The van der Waals surface area contributed by atoms with Crippen LogP contribution in [0.5, 0.6) is 17.2 Å². The average molecular weight is 381 g/mol. The molecule has 0 bridgehead atoms. The lowest BCUT2D eigenvalue weighted by Crippen LogP contribution is -2.21. The van der Waals surface area contributed by atoms with Gasteiger partial charge >= 0.3 is 12.6 Å². The second-order valence-electron chi connectivity index (χ2n) is 5.10. The minimum atomic E-state index is -3.03. The molecule has 0 aliphatic rings. The molecule has 2 aromatic carbocycles. The minimum absolute atomic E-state index is 0.0192. The summed E-state index contributed by atoms with van der Waals surface area (Å²) in [6.07, 6.45) is 0. The largest absolute Gasteiger partial charge is 0.497 e. The van der Waals surface area contributed by atoms with E-state index in [-0.39, 0.29) is 17.1 Å². The van der Waals surface area contributed by atoms with Gasteiger partial charge in [0.15, 0.2) is 18.1 Å². The molecule has 0 aliphatic heterocycles. The molecular formula is C18H17F2NO6. The smallest absolute Gasteiger partial charge is 0.387 e. The fraction of sp³-hybridized carbons (Fsp3) is 0.222. The Balaban J connectivity index is 1.93. The third-order valence-electron chi connectivity index (χ3n) is 3.32. The van der Waals surface area contributed by atoms with Crippen LogP contribution in [0.25, 0.3) is 0 Å². The number of carbonyl (C=O) groups is 2. The van der Waals surface area contributed by atoms with E-state index in [2.05, 4.69) is 10.1 Å². The van der Waals surface area contributed by atoms with Gasteiger partial charge in [0.2, 0.25) is 0 Å². The highest BCUT2D eigenvalue weighted by Gasteiger charge is 2.16. The number of ether oxygens (including phenoxy) is 4. The summed E-state index contributed by atoms with van der Waals surface area (Å²) in [5.74, 6) is -1.01. The minimum Gasteiger partial charge on any atom is -0.497 e. The SMILES string of the molecule is COc1ccc(NC(=O)COC(=O)c2ccc(OC(F)F)c(OC)c2)cc1. The number of methoxy groups -OCH3 is 2. The Morgan fingerprint density at radius 1 is 1.00 bits per heavy atom. The molecule has 0 atom stereocenters. The van der Waals surface area contributed by atoms with Gasteiger partial charge in [-0.05, 0) is 42.5 Å². The van der Waals surface area contributed by atoms with Crippen molar-refractivity contribution < 1.29 is 37.3 Å². The van der Waals surface area contributed by atoms with Gasteiger partial charge < -0.3 is 24.3 Å². The van der Waals surface area contributed by atoms with Gasteiger partial charge in [0.25, 0.3) is 5.91 Å². The monoisotopic (exact) mass is 381 g/mol. The summed E-state index contributed by atoms with van der Waals surface area (Å²) in [5.41, 5.74) is 0.526. The number of esters is 1. The first kappa shape index (κ1) is 20.0. The van der Waals surface area contributed by atoms with Crippen molar-refractivity contribution in [1.82, 2.24) is 0 Å². The van der Waals surface area contributed by atoms with Gasteiger partial charge in [0, 0.05) is 5.69 Å². The van der Waals surface area contributed by atoms with Gasteiger partial charge in [-0.2, -0.15) is 8.78 Å². The summed E-state index contributed by atoms with van der Waals surface area (Å²) in [6, 6.07) is 10.1. The van der Waals surface area contributed by atoms with E-state index in [4.69, 9.17) is 14.2 Å². The summed E-state index contributed by atoms with van der Waals surface area (Å²) in [7, 11) is 2.76. The van der Waals surface area contributed by atoms with Crippen molar-refractivity contribution >= 4 is 17.6 Å². The molecule has 2 rings (SSSR count). The molecular weight excluding hydrogens is 364 g/mol. The number of alkyl halides is 2. The van der Waals surface area contributed by atoms with Crippen molar-refractivity contribution in [3.63, 3.8) is 0 Å². The summed E-state index contributed by atoms with van der Waals surface area (Å²) < 4.78 is 43.7. The molecule has 1 N–H and O–H groups in total. The molecule has 7 nitrogen and oxygen atoms in total. The number of benzene rings is 2. The number of amides is 1. The molecule has 0 saturated heterocycles. The van der Waals surface area contributed by atoms with Crippen LogP contribution in [0.1, 0.15) is 10.4 Å². The number of anilines is 1. The third-order valence-corrected chi connectivity index (χ3v) is 3.32. The number of halogens is 2. The summed E-state index contributed by atoms with van der Waals surface area (Å²) >= 11 is 0. The highest BCUT2D eigenvalue weighted by Crippen LogP contribution is 2.29. The lowest BCUT2D eigenvalue weighted by atomic mass is 10.2. The van der Waals surface area contributed by atoms with Crippen LogP contribution in [0.3, 0.4) is 0 Å². The van der Waals surface area contributed by atoms with E-state index in [9.17, 15) is 18.4 Å². The zero-order valence-electron chi connectivity index (χ0n) is 14.5. The zero-order valence-corrected chi connectivity index (χ0v) is 14.5. The fourth-order valence-electron chi connectivity index (χ4n) is 2.07. The van der Waals surface area contributed by atoms with Crippen molar-refractivity contribution in [2.45, 2.75) is 6.61 Å². The van der Waals surface area contributed by atoms with Crippen LogP contribution < -0.4 is 19.5 Å². The van der Waals surface area contributed by atoms with E-state index >= 15 is 0 Å². The maximum Gasteiger partial charge on any atom is 0.387 e. The Morgan fingerprint density at radius 3 is 2.30 bits per heavy atom. The van der Waals surface area contributed by atoms with Gasteiger partial charge in [-0.15, -0.1) is 0 Å². The number of rotatable bonds is 8. The van der Waals surface area contributed by atoms with Gasteiger partial charge in [-0.3, -0.25) is 4.79 Å². The lowest BCUT2D eigenvalue weighted by molar-refractivity contribution is -0.119. The first-order valence-corrected chi connectivity index (χ1v) is 7.67. The number of hydrogen-bond acceptors (Lipinski definition) is 6. The van der Waals surface area contributed by atoms with Crippen molar-refractivity contribution in [3.05, 3.63) is 48.0 Å². The van der Waals surface area contributed by atoms with E-state index in [0.29, 0.717) is 11.4 Å². The predicted octanol–water partition coefficient (Wildman–Crippen LogP) is 3.10. The Morgan fingerprint density at radius 2 is 1.70 bits per heavy atom. The van der Waals surface area contributed by atoms with Crippen molar-refractivity contribution in [2.75, 3.05) is 26.1 Å². The lowest BCUT2D eigenvalue weighted by Gasteiger charge is -2.11. The number of nitrogens with one attached hydrogen (secondary N) is 1. The summed E-state index contributed by atoms with van der Waals surface area (Å²) in [5, 5.41) is 2.55. The Bertz CT molecular complexity index is 795. The molecule has 0 heterocycles. The van der Waals surface area contributed by atoms with Crippen LogP contribution in [0, 0.1) is 0 Å². The molecule has 9 heteroatoms. The van der Waals surface area contributed by atoms with Gasteiger partial charge in [0.1, 0.15) is 5.75 Å². The zero-order chi connectivity index (χ0) is 19.8. The molecule has 0 spiro atoms. The van der Waals surface area contributed by atoms with Crippen LogP contribution in [-0.4, -0.2) is 39.3 Å². The second-order valence-corrected chi connectivity index (χ2v) is 5.10. The van der Waals surface area contributed by atoms with Gasteiger partial charge in [0.05, 0.1) is 19.8 Å². The van der Waals surface area contributed by atoms with E-state index in [1.54, 1.807) is 24.3 Å². The number of hydrogen-bond donors (Lipinski definition) is 1. The highest BCUT2D eigenvalue weighted by molar-refractivity contribution is 5.95. The molecule has 144 valence electrons. The quantitative estimate of drug-likeness (QED) is 0.708. The van der Waals surface area contributed by atoms with E-state index < -0.39 is 25.1 Å². The second kappa shape index (κ2) is 9.37. The van der Waals surface area contributed by atoms with Crippen LogP contribution in [0.2, 0.25) is 0 Å². The first-order chi connectivity index (χ1) is 12.9. The summed E-state index contributed by atoms with van der Waals surface area (Å²) in [4.78, 5) is 23.9. The highest BCUT2D eigenvalue weighted by atomic mass is 19.3. The number of carbonyl (C=O) groups excluding carboxylic acids is 2. The molecule has 0 aliphatic carbocycles. The van der Waals surface area contributed by atoms with Crippen LogP contribution in [0.4, 0.5) is 14.5 Å². The fourth-order valence-corrected chi connectivity index (χ4v) is 2.07. The predicted molar refractivity (Wildman–Crippen MR) is 91.5 cm³/mol. The van der Waals surface area contributed by atoms with Crippen LogP contribution >= 0.6 is 0 Å².